The van der Waals surface area contributed by atoms with Gasteiger partial charge < -0.3 is 19.7 Å². The Labute approximate surface area is 95.3 Å². The van der Waals surface area contributed by atoms with Gasteiger partial charge in [0.1, 0.15) is 6.23 Å². The highest BCUT2D eigenvalue weighted by atomic mass is 16.6. The van der Waals surface area contributed by atoms with E-state index in [0.717, 1.165) is 5.57 Å². The smallest absolute Gasteiger partial charge is 0.157 e. The molecule has 2 fully saturated rings. The summed E-state index contributed by atoms with van der Waals surface area (Å²) in [5.41, 5.74) is 0.909. The van der Waals surface area contributed by atoms with Crippen molar-refractivity contribution in [2.24, 2.45) is 0 Å². The van der Waals surface area contributed by atoms with E-state index in [1.807, 2.05) is 11.8 Å². The summed E-state index contributed by atoms with van der Waals surface area (Å²) in [5.74, 6) is 0. The van der Waals surface area contributed by atoms with Crippen molar-refractivity contribution >= 4 is 0 Å². The van der Waals surface area contributed by atoms with E-state index in [1.165, 1.54) is 0 Å². The van der Waals surface area contributed by atoms with Crippen molar-refractivity contribution in [2.75, 3.05) is 19.8 Å². The summed E-state index contributed by atoms with van der Waals surface area (Å²) in [6.07, 6.45) is -1.11. The number of hydrogen-bond donors (Lipinski definition) is 2. The first-order valence-corrected chi connectivity index (χ1v) is 5.63. The highest BCUT2D eigenvalue weighted by Gasteiger charge is 2.36. The lowest BCUT2D eigenvalue weighted by Gasteiger charge is -2.43. The Bertz CT molecular complexity index is 271. The Balaban J connectivity index is 2.08. The fraction of sp³-hybridized carbons (Fsp3) is 0.818. The zero-order valence-electron chi connectivity index (χ0n) is 9.50. The molecule has 2 saturated heterocycles. The molecule has 0 aromatic carbocycles. The van der Waals surface area contributed by atoms with Gasteiger partial charge in [0, 0.05) is 19.0 Å². The molecule has 5 heteroatoms. The quantitative estimate of drug-likeness (QED) is 0.604. The van der Waals surface area contributed by atoms with Crippen molar-refractivity contribution in [3.8, 4) is 0 Å². The SMILES string of the molecule is C=C1[C@H](C)O[C@@H](O)C[C@@H]1N1CCOC[C@H]1O. The Hall–Kier alpha value is -0.460. The minimum Gasteiger partial charge on any atom is -0.376 e. The maximum atomic E-state index is 9.85. The number of nitrogens with zero attached hydrogens (tertiary/aromatic N) is 1. The summed E-state index contributed by atoms with van der Waals surface area (Å²) in [5, 5.41) is 19.4. The predicted molar refractivity (Wildman–Crippen MR) is 57.6 cm³/mol. The highest BCUT2D eigenvalue weighted by Crippen LogP contribution is 2.28. The van der Waals surface area contributed by atoms with Crippen LogP contribution in [0, 0.1) is 0 Å². The van der Waals surface area contributed by atoms with E-state index in [1.54, 1.807) is 0 Å². The molecule has 0 radical (unpaired) electrons. The molecule has 4 atom stereocenters. The first-order chi connectivity index (χ1) is 7.59. The molecule has 0 spiro atoms. The molecule has 92 valence electrons. The summed E-state index contributed by atoms with van der Waals surface area (Å²) in [7, 11) is 0. The van der Waals surface area contributed by atoms with E-state index in [4.69, 9.17) is 9.47 Å². The van der Waals surface area contributed by atoms with E-state index in [-0.39, 0.29) is 12.1 Å². The standard InChI is InChI=1S/C11H19NO4/c1-7-8(2)16-11(14)5-9(7)12-3-4-15-6-10(12)13/h8-11,13-14H,1,3-6H2,2H3/t8-,9-,10+,11+/m0/s1. The average Bonchev–Trinajstić information content (AvgIpc) is 2.24. The first-order valence-electron chi connectivity index (χ1n) is 5.63. The maximum absolute atomic E-state index is 9.85. The van der Waals surface area contributed by atoms with Crippen LogP contribution in [0.15, 0.2) is 12.2 Å². The molecule has 2 aliphatic rings. The van der Waals surface area contributed by atoms with E-state index in [9.17, 15) is 10.2 Å². The van der Waals surface area contributed by atoms with E-state index < -0.39 is 12.5 Å². The Morgan fingerprint density at radius 1 is 1.44 bits per heavy atom. The lowest BCUT2D eigenvalue weighted by Crippen LogP contribution is -2.55. The molecule has 0 aromatic heterocycles. The van der Waals surface area contributed by atoms with Crippen LogP contribution in [0.1, 0.15) is 13.3 Å². The maximum Gasteiger partial charge on any atom is 0.157 e. The second-order valence-electron chi connectivity index (χ2n) is 4.35. The summed E-state index contributed by atoms with van der Waals surface area (Å²) >= 11 is 0. The van der Waals surface area contributed by atoms with Gasteiger partial charge in [0.25, 0.3) is 0 Å². The Morgan fingerprint density at radius 3 is 2.88 bits per heavy atom. The molecule has 0 aliphatic carbocycles. The fourth-order valence-corrected chi connectivity index (χ4v) is 2.31. The second kappa shape index (κ2) is 4.81. The van der Waals surface area contributed by atoms with Crippen molar-refractivity contribution in [3.63, 3.8) is 0 Å². The number of aliphatic hydroxyl groups is 2. The lowest BCUT2D eigenvalue weighted by molar-refractivity contribution is -0.178. The zero-order chi connectivity index (χ0) is 11.7. The first kappa shape index (κ1) is 12.0. The molecule has 0 amide bonds. The normalized spacial score (nSPS) is 42.3. The fourth-order valence-electron chi connectivity index (χ4n) is 2.31. The molecular weight excluding hydrogens is 210 g/mol. The van der Waals surface area contributed by atoms with Crippen LogP contribution in [0.4, 0.5) is 0 Å². The van der Waals surface area contributed by atoms with Crippen LogP contribution in [0.25, 0.3) is 0 Å². The van der Waals surface area contributed by atoms with E-state index in [2.05, 4.69) is 6.58 Å². The van der Waals surface area contributed by atoms with Crippen LogP contribution in [0.5, 0.6) is 0 Å². The van der Waals surface area contributed by atoms with Crippen LogP contribution >= 0.6 is 0 Å². The number of ether oxygens (including phenoxy) is 2. The van der Waals surface area contributed by atoms with Crippen molar-refractivity contribution in [3.05, 3.63) is 12.2 Å². The van der Waals surface area contributed by atoms with Gasteiger partial charge in [-0.3, -0.25) is 4.90 Å². The van der Waals surface area contributed by atoms with Gasteiger partial charge >= 0.3 is 0 Å². The number of aliphatic hydroxyl groups excluding tert-OH is 2. The largest absolute Gasteiger partial charge is 0.376 e. The van der Waals surface area contributed by atoms with Crippen molar-refractivity contribution < 1.29 is 19.7 Å². The van der Waals surface area contributed by atoms with Crippen molar-refractivity contribution in [2.45, 2.75) is 38.0 Å². The molecule has 5 nitrogen and oxygen atoms in total. The minimum atomic E-state index is -0.777. The topological polar surface area (TPSA) is 62.2 Å². The van der Waals surface area contributed by atoms with Gasteiger partial charge in [-0.05, 0) is 12.5 Å². The van der Waals surface area contributed by atoms with E-state index >= 15 is 0 Å². The molecule has 0 unspecified atom stereocenters. The molecule has 0 aromatic rings. The van der Waals surface area contributed by atoms with Gasteiger partial charge in [0.2, 0.25) is 0 Å². The summed E-state index contributed by atoms with van der Waals surface area (Å²) in [4.78, 5) is 1.92. The summed E-state index contributed by atoms with van der Waals surface area (Å²) in [6.45, 7) is 7.43. The average molecular weight is 229 g/mol. The molecule has 0 saturated carbocycles. The van der Waals surface area contributed by atoms with Crippen LogP contribution in [0.3, 0.4) is 0 Å². The molecular formula is C11H19NO4. The predicted octanol–water partition coefficient (Wildman–Crippen LogP) is -0.311. The number of morpholine rings is 1. The summed E-state index contributed by atoms with van der Waals surface area (Å²) in [6, 6.07) is -0.0300. The van der Waals surface area contributed by atoms with Crippen molar-refractivity contribution in [1.82, 2.24) is 4.90 Å². The Morgan fingerprint density at radius 2 is 2.19 bits per heavy atom. The van der Waals surface area contributed by atoms with E-state index in [0.29, 0.717) is 26.2 Å². The Kier molecular flexibility index (Phi) is 3.61. The number of hydrogen-bond acceptors (Lipinski definition) is 5. The van der Waals surface area contributed by atoms with Crippen LogP contribution in [-0.2, 0) is 9.47 Å². The highest BCUT2D eigenvalue weighted by molar-refractivity contribution is 5.14. The third-order valence-corrected chi connectivity index (χ3v) is 3.28. The minimum absolute atomic E-state index is 0.0300. The van der Waals surface area contributed by atoms with Crippen molar-refractivity contribution in [1.29, 1.82) is 0 Å². The van der Waals surface area contributed by atoms with Gasteiger partial charge in [-0.15, -0.1) is 0 Å². The van der Waals surface area contributed by atoms with Gasteiger partial charge in [-0.2, -0.15) is 0 Å². The second-order valence-corrected chi connectivity index (χ2v) is 4.35. The zero-order valence-corrected chi connectivity index (χ0v) is 9.50. The summed E-state index contributed by atoms with van der Waals surface area (Å²) < 4.78 is 10.4. The van der Waals surface area contributed by atoms with Crippen LogP contribution < -0.4 is 0 Å². The van der Waals surface area contributed by atoms with Gasteiger partial charge in [0.15, 0.2) is 6.29 Å². The molecule has 2 N–H and O–H groups in total. The molecule has 2 heterocycles. The van der Waals surface area contributed by atoms with Gasteiger partial charge in [-0.25, -0.2) is 0 Å². The molecule has 2 rings (SSSR count). The van der Waals surface area contributed by atoms with Crippen LogP contribution in [0.2, 0.25) is 0 Å². The molecule has 2 aliphatic heterocycles. The lowest BCUT2D eigenvalue weighted by atomic mass is 9.95. The third kappa shape index (κ3) is 2.28. The molecule has 0 bridgehead atoms. The number of rotatable bonds is 1. The van der Waals surface area contributed by atoms with Gasteiger partial charge in [0.05, 0.1) is 19.3 Å². The van der Waals surface area contributed by atoms with Crippen LogP contribution in [-0.4, -0.2) is 59.5 Å². The monoisotopic (exact) mass is 229 g/mol. The molecule has 16 heavy (non-hydrogen) atoms. The third-order valence-electron chi connectivity index (χ3n) is 3.28. The van der Waals surface area contributed by atoms with Gasteiger partial charge in [-0.1, -0.05) is 6.58 Å².